The number of carbonyl (C=O) groups excluding carboxylic acids is 1. The Balaban J connectivity index is 2.39. The summed E-state index contributed by atoms with van der Waals surface area (Å²) < 4.78 is 30.6. The Morgan fingerprint density at radius 3 is 2.28 bits per heavy atom. The molecule has 106 valence electrons. The standard InChI is InChI=1S/C11H22N2O4S/c1-3-17-11(14)8-18(15,16)13-10-6-4-9(12-2)5-7-10/h9-10,12-13H,3-8H2,1-2H3. The first-order chi connectivity index (χ1) is 8.46. The van der Waals surface area contributed by atoms with Gasteiger partial charge in [0, 0.05) is 12.1 Å². The van der Waals surface area contributed by atoms with Crippen molar-refractivity contribution in [1.82, 2.24) is 10.0 Å². The fraction of sp³-hybridized carbons (Fsp3) is 0.909. The lowest BCUT2D eigenvalue weighted by Crippen LogP contribution is -2.43. The fourth-order valence-corrected chi connectivity index (χ4v) is 3.37. The third-order valence-corrected chi connectivity index (χ3v) is 4.40. The number of hydrogen-bond acceptors (Lipinski definition) is 5. The number of esters is 1. The van der Waals surface area contributed by atoms with Crippen LogP contribution < -0.4 is 10.0 Å². The lowest BCUT2D eigenvalue weighted by Gasteiger charge is -2.28. The quantitative estimate of drug-likeness (QED) is 0.668. The van der Waals surface area contributed by atoms with E-state index in [4.69, 9.17) is 0 Å². The molecule has 1 rings (SSSR count). The van der Waals surface area contributed by atoms with E-state index in [2.05, 4.69) is 14.8 Å². The number of rotatable bonds is 6. The van der Waals surface area contributed by atoms with Crippen molar-refractivity contribution in [1.29, 1.82) is 0 Å². The Hall–Kier alpha value is -0.660. The Morgan fingerprint density at radius 2 is 1.78 bits per heavy atom. The van der Waals surface area contributed by atoms with Crippen molar-refractivity contribution in [3.05, 3.63) is 0 Å². The van der Waals surface area contributed by atoms with Gasteiger partial charge in [-0.3, -0.25) is 4.79 Å². The summed E-state index contributed by atoms with van der Waals surface area (Å²) in [7, 11) is -1.66. The SMILES string of the molecule is CCOC(=O)CS(=O)(=O)NC1CCC(NC)CC1. The van der Waals surface area contributed by atoms with Crippen LogP contribution >= 0.6 is 0 Å². The highest BCUT2D eigenvalue weighted by Gasteiger charge is 2.25. The minimum Gasteiger partial charge on any atom is -0.465 e. The second-order valence-electron chi connectivity index (χ2n) is 4.52. The van der Waals surface area contributed by atoms with Gasteiger partial charge in [0.25, 0.3) is 0 Å². The predicted molar refractivity (Wildman–Crippen MR) is 68.7 cm³/mol. The van der Waals surface area contributed by atoms with E-state index in [9.17, 15) is 13.2 Å². The Bertz CT molecular complexity index is 361. The molecule has 1 aliphatic carbocycles. The molecule has 0 aromatic heterocycles. The first-order valence-corrected chi connectivity index (χ1v) is 7.95. The molecule has 7 heteroatoms. The smallest absolute Gasteiger partial charge is 0.322 e. The third-order valence-electron chi connectivity index (χ3n) is 3.09. The summed E-state index contributed by atoms with van der Waals surface area (Å²) in [4.78, 5) is 11.1. The molecule has 0 atom stereocenters. The van der Waals surface area contributed by atoms with Crippen LogP contribution in [0, 0.1) is 0 Å². The highest BCUT2D eigenvalue weighted by atomic mass is 32.2. The Labute approximate surface area is 109 Å². The highest BCUT2D eigenvalue weighted by molar-refractivity contribution is 7.90. The van der Waals surface area contributed by atoms with Gasteiger partial charge < -0.3 is 10.1 Å². The van der Waals surface area contributed by atoms with Gasteiger partial charge in [0.05, 0.1) is 6.61 Å². The number of sulfonamides is 1. The molecule has 1 fully saturated rings. The highest BCUT2D eigenvalue weighted by Crippen LogP contribution is 2.18. The van der Waals surface area contributed by atoms with E-state index in [-0.39, 0.29) is 12.6 Å². The van der Waals surface area contributed by atoms with Crippen molar-refractivity contribution in [2.45, 2.75) is 44.7 Å². The molecule has 0 aromatic rings. The normalized spacial score (nSPS) is 24.8. The van der Waals surface area contributed by atoms with E-state index in [1.807, 2.05) is 7.05 Å². The van der Waals surface area contributed by atoms with Gasteiger partial charge in [0.1, 0.15) is 0 Å². The first-order valence-electron chi connectivity index (χ1n) is 6.29. The van der Waals surface area contributed by atoms with Crippen LogP contribution in [0.25, 0.3) is 0 Å². The topological polar surface area (TPSA) is 84.5 Å². The van der Waals surface area contributed by atoms with Gasteiger partial charge in [-0.05, 0) is 39.7 Å². The molecule has 18 heavy (non-hydrogen) atoms. The van der Waals surface area contributed by atoms with E-state index in [0.29, 0.717) is 6.04 Å². The molecule has 0 spiro atoms. The van der Waals surface area contributed by atoms with Crippen molar-refractivity contribution in [3.8, 4) is 0 Å². The molecule has 0 amide bonds. The summed E-state index contributed by atoms with van der Waals surface area (Å²) >= 11 is 0. The maximum atomic E-state index is 11.7. The monoisotopic (exact) mass is 278 g/mol. The zero-order chi connectivity index (χ0) is 13.6. The maximum absolute atomic E-state index is 11.7. The van der Waals surface area contributed by atoms with Gasteiger partial charge >= 0.3 is 5.97 Å². The summed E-state index contributed by atoms with van der Waals surface area (Å²) in [5, 5.41) is 3.18. The molecule has 6 nitrogen and oxygen atoms in total. The van der Waals surface area contributed by atoms with E-state index < -0.39 is 21.7 Å². The van der Waals surface area contributed by atoms with Crippen LogP contribution in [0.4, 0.5) is 0 Å². The Morgan fingerprint density at radius 1 is 1.22 bits per heavy atom. The molecule has 0 heterocycles. The van der Waals surface area contributed by atoms with Crippen molar-refractivity contribution in [3.63, 3.8) is 0 Å². The largest absolute Gasteiger partial charge is 0.465 e. The van der Waals surface area contributed by atoms with Crippen molar-refractivity contribution < 1.29 is 17.9 Å². The zero-order valence-electron chi connectivity index (χ0n) is 10.9. The molecule has 0 unspecified atom stereocenters. The number of ether oxygens (including phenoxy) is 1. The van der Waals surface area contributed by atoms with Gasteiger partial charge in [0.2, 0.25) is 10.0 Å². The third kappa shape index (κ3) is 5.32. The minimum absolute atomic E-state index is 0.0611. The first kappa shape index (κ1) is 15.4. The van der Waals surface area contributed by atoms with Crippen LogP contribution in [0.1, 0.15) is 32.6 Å². The molecule has 0 aromatic carbocycles. The molecular formula is C11H22N2O4S. The average molecular weight is 278 g/mol. The van der Waals surface area contributed by atoms with Crippen LogP contribution in [0.2, 0.25) is 0 Å². The Kier molecular flexibility index (Phi) is 6.04. The van der Waals surface area contributed by atoms with Gasteiger partial charge in [-0.15, -0.1) is 0 Å². The summed E-state index contributed by atoms with van der Waals surface area (Å²) in [5.74, 6) is -1.29. The second-order valence-corrected chi connectivity index (χ2v) is 6.27. The predicted octanol–water partition coefficient (Wildman–Crippen LogP) is -0.000500. The van der Waals surface area contributed by atoms with Crippen LogP contribution in [0.3, 0.4) is 0 Å². The average Bonchev–Trinajstić information content (AvgIpc) is 2.29. The van der Waals surface area contributed by atoms with E-state index in [1.54, 1.807) is 6.92 Å². The minimum atomic E-state index is -3.57. The number of nitrogens with one attached hydrogen (secondary N) is 2. The van der Waals surface area contributed by atoms with Crippen molar-refractivity contribution in [2.24, 2.45) is 0 Å². The molecule has 0 saturated heterocycles. The molecular weight excluding hydrogens is 256 g/mol. The molecule has 1 saturated carbocycles. The van der Waals surface area contributed by atoms with Gasteiger partial charge in [-0.2, -0.15) is 0 Å². The summed E-state index contributed by atoms with van der Waals surface area (Å²) in [6.07, 6.45) is 3.49. The zero-order valence-corrected chi connectivity index (χ0v) is 11.8. The summed E-state index contributed by atoms with van der Waals surface area (Å²) in [6.45, 7) is 1.85. The fourth-order valence-electron chi connectivity index (χ4n) is 2.15. The van der Waals surface area contributed by atoms with E-state index >= 15 is 0 Å². The van der Waals surface area contributed by atoms with Gasteiger partial charge in [0.15, 0.2) is 5.75 Å². The van der Waals surface area contributed by atoms with Crippen LogP contribution in [0.5, 0.6) is 0 Å². The van der Waals surface area contributed by atoms with Crippen molar-refractivity contribution >= 4 is 16.0 Å². The maximum Gasteiger partial charge on any atom is 0.322 e. The lowest BCUT2D eigenvalue weighted by molar-refractivity contribution is -0.139. The van der Waals surface area contributed by atoms with E-state index in [1.165, 1.54) is 0 Å². The summed E-state index contributed by atoms with van der Waals surface area (Å²) in [6, 6.07) is 0.407. The second kappa shape index (κ2) is 7.06. The van der Waals surface area contributed by atoms with Crippen molar-refractivity contribution in [2.75, 3.05) is 19.4 Å². The van der Waals surface area contributed by atoms with Crippen LogP contribution in [0.15, 0.2) is 0 Å². The molecule has 0 aliphatic heterocycles. The van der Waals surface area contributed by atoms with Gasteiger partial charge in [-0.1, -0.05) is 0 Å². The molecule has 0 radical (unpaired) electrons. The molecule has 0 bridgehead atoms. The van der Waals surface area contributed by atoms with Crippen LogP contribution in [-0.2, 0) is 19.6 Å². The van der Waals surface area contributed by atoms with Crippen LogP contribution in [-0.4, -0.2) is 45.9 Å². The summed E-state index contributed by atoms with van der Waals surface area (Å²) in [5.41, 5.74) is 0. The lowest BCUT2D eigenvalue weighted by atomic mass is 9.92. The molecule has 2 N–H and O–H groups in total. The van der Waals surface area contributed by atoms with E-state index in [0.717, 1.165) is 25.7 Å². The molecule has 1 aliphatic rings. The number of hydrogen-bond donors (Lipinski definition) is 2. The van der Waals surface area contributed by atoms with Gasteiger partial charge in [-0.25, -0.2) is 13.1 Å². The number of carbonyl (C=O) groups is 1.